The Hall–Kier alpha value is -3.12. The molecule has 28 heavy (non-hydrogen) atoms. The molecule has 0 fully saturated rings. The van der Waals surface area contributed by atoms with E-state index in [0.717, 1.165) is 38.8 Å². The Balaban J connectivity index is 1.44. The van der Waals surface area contributed by atoms with Gasteiger partial charge in [0.2, 0.25) is 0 Å². The lowest BCUT2D eigenvalue weighted by atomic mass is 10.1. The van der Waals surface area contributed by atoms with Gasteiger partial charge in [-0.25, -0.2) is 4.98 Å². The first kappa shape index (κ1) is 18.3. The molecule has 0 aliphatic carbocycles. The molecule has 0 unspecified atom stereocenters. The zero-order chi connectivity index (χ0) is 19.7. The molecule has 2 heterocycles. The van der Waals surface area contributed by atoms with E-state index in [-0.39, 0.29) is 12.5 Å². The van der Waals surface area contributed by atoms with Crippen molar-refractivity contribution in [3.05, 3.63) is 70.9 Å². The monoisotopic (exact) mass is 391 g/mol. The average molecular weight is 391 g/mol. The van der Waals surface area contributed by atoms with Gasteiger partial charge in [0.15, 0.2) is 11.6 Å². The first-order valence-electron chi connectivity index (χ1n) is 9.03. The van der Waals surface area contributed by atoms with Crippen LogP contribution in [0.2, 0.25) is 0 Å². The number of thiazole rings is 1. The standard InChI is InChI=1S/C22H21N3O2S/c1-14-9-15(2)21(16(3)10-14)27-13-20(26)23-18-6-4-5-17(11-18)19-12-25-7-8-28-22(25)24-19/h4-12H,13H2,1-3H3,(H,23,26). The number of carbonyl (C=O) groups is 1. The second kappa shape index (κ2) is 7.48. The number of anilines is 1. The summed E-state index contributed by atoms with van der Waals surface area (Å²) in [5, 5.41) is 4.90. The zero-order valence-corrected chi connectivity index (χ0v) is 16.8. The van der Waals surface area contributed by atoms with Gasteiger partial charge in [0.1, 0.15) is 5.75 Å². The largest absolute Gasteiger partial charge is 0.483 e. The third-order valence-corrected chi connectivity index (χ3v) is 5.26. The molecule has 2 aromatic carbocycles. The molecule has 4 rings (SSSR count). The van der Waals surface area contributed by atoms with Crippen LogP contribution in [0, 0.1) is 20.8 Å². The highest BCUT2D eigenvalue weighted by Gasteiger charge is 2.10. The molecular weight excluding hydrogens is 370 g/mol. The van der Waals surface area contributed by atoms with Gasteiger partial charge in [-0.2, -0.15) is 0 Å². The van der Waals surface area contributed by atoms with Crippen LogP contribution in [-0.2, 0) is 4.79 Å². The maximum absolute atomic E-state index is 12.4. The number of benzene rings is 2. The Kier molecular flexibility index (Phi) is 4.88. The Morgan fingerprint density at radius 3 is 2.71 bits per heavy atom. The van der Waals surface area contributed by atoms with Crippen LogP contribution in [0.15, 0.2) is 54.2 Å². The average Bonchev–Trinajstić information content (AvgIpc) is 3.23. The van der Waals surface area contributed by atoms with Crippen LogP contribution in [0.3, 0.4) is 0 Å². The minimum atomic E-state index is -0.192. The molecular formula is C22H21N3O2S. The van der Waals surface area contributed by atoms with Crippen LogP contribution in [0.4, 0.5) is 5.69 Å². The van der Waals surface area contributed by atoms with E-state index in [0.29, 0.717) is 0 Å². The number of fused-ring (bicyclic) bond motifs is 1. The lowest BCUT2D eigenvalue weighted by Gasteiger charge is -2.13. The van der Waals surface area contributed by atoms with Crippen molar-refractivity contribution in [2.24, 2.45) is 0 Å². The number of amides is 1. The van der Waals surface area contributed by atoms with Gasteiger partial charge < -0.3 is 10.1 Å². The molecule has 5 nitrogen and oxygen atoms in total. The van der Waals surface area contributed by atoms with Crippen molar-refractivity contribution >= 4 is 27.9 Å². The number of aryl methyl sites for hydroxylation is 3. The highest BCUT2D eigenvalue weighted by Crippen LogP contribution is 2.25. The predicted octanol–water partition coefficient (Wildman–Crippen LogP) is 5.01. The lowest BCUT2D eigenvalue weighted by Crippen LogP contribution is -2.20. The van der Waals surface area contributed by atoms with Crippen LogP contribution in [0.5, 0.6) is 5.75 Å². The van der Waals surface area contributed by atoms with Crippen molar-refractivity contribution in [1.29, 1.82) is 0 Å². The quantitative estimate of drug-likeness (QED) is 0.520. The summed E-state index contributed by atoms with van der Waals surface area (Å²) >= 11 is 1.59. The van der Waals surface area contributed by atoms with E-state index in [1.54, 1.807) is 11.3 Å². The highest BCUT2D eigenvalue weighted by molar-refractivity contribution is 7.15. The second-order valence-electron chi connectivity index (χ2n) is 6.86. The summed E-state index contributed by atoms with van der Waals surface area (Å²) in [5.41, 5.74) is 5.81. The number of hydrogen-bond acceptors (Lipinski definition) is 4. The Labute approximate surface area is 167 Å². The molecule has 2 aromatic heterocycles. The first-order valence-corrected chi connectivity index (χ1v) is 9.91. The van der Waals surface area contributed by atoms with Gasteiger partial charge in [-0.1, -0.05) is 29.8 Å². The summed E-state index contributed by atoms with van der Waals surface area (Å²) in [7, 11) is 0. The fourth-order valence-corrected chi connectivity index (χ4v) is 4.05. The van der Waals surface area contributed by atoms with E-state index in [1.165, 1.54) is 5.56 Å². The molecule has 0 spiro atoms. The Bertz CT molecular complexity index is 1110. The van der Waals surface area contributed by atoms with E-state index in [9.17, 15) is 4.79 Å². The zero-order valence-electron chi connectivity index (χ0n) is 16.0. The molecule has 4 aromatic rings. The van der Waals surface area contributed by atoms with Gasteiger partial charge in [0.25, 0.3) is 5.91 Å². The highest BCUT2D eigenvalue weighted by atomic mass is 32.1. The predicted molar refractivity (Wildman–Crippen MR) is 113 cm³/mol. The summed E-state index contributed by atoms with van der Waals surface area (Å²) in [6, 6.07) is 11.8. The molecule has 1 N–H and O–H groups in total. The van der Waals surface area contributed by atoms with Crippen LogP contribution in [0.1, 0.15) is 16.7 Å². The molecule has 0 aliphatic heterocycles. The topological polar surface area (TPSA) is 55.6 Å². The molecule has 0 aliphatic rings. The van der Waals surface area contributed by atoms with Gasteiger partial charge in [-0.05, 0) is 44.0 Å². The summed E-state index contributed by atoms with van der Waals surface area (Å²) < 4.78 is 7.77. The molecule has 6 heteroatoms. The van der Waals surface area contributed by atoms with Crippen LogP contribution < -0.4 is 10.1 Å². The molecule has 0 atom stereocenters. The van der Waals surface area contributed by atoms with Gasteiger partial charge in [0.05, 0.1) is 5.69 Å². The number of hydrogen-bond donors (Lipinski definition) is 1. The third kappa shape index (κ3) is 3.77. The van der Waals surface area contributed by atoms with Gasteiger partial charge in [0, 0.05) is 29.0 Å². The Morgan fingerprint density at radius 2 is 1.96 bits per heavy atom. The number of rotatable bonds is 5. The maximum atomic E-state index is 12.4. The van der Waals surface area contributed by atoms with Crippen molar-refractivity contribution in [2.45, 2.75) is 20.8 Å². The summed E-state index contributed by atoms with van der Waals surface area (Å²) in [5.74, 6) is 0.579. The van der Waals surface area contributed by atoms with Gasteiger partial charge >= 0.3 is 0 Å². The SMILES string of the molecule is Cc1cc(C)c(OCC(=O)Nc2cccc(-c3cn4ccsc4n3)c2)c(C)c1. The lowest BCUT2D eigenvalue weighted by molar-refractivity contribution is -0.118. The summed E-state index contributed by atoms with van der Waals surface area (Å²) in [6.45, 7) is 6.00. The number of nitrogens with zero attached hydrogens (tertiary/aromatic N) is 2. The normalized spacial score (nSPS) is 11.0. The molecule has 0 bridgehead atoms. The van der Waals surface area contributed by atoms with E-state index < -0.39 is 0 Å². The summed E-state index contributed by atoms with van der Waals surface area (Å²) in [4.78, 5) is 17.9. The summed E-state index contributed by atoms with van der Waals surface area (Å²) in [6.07, 6.45) is 3.97. The molecule has 0 radical (unpaired) electrons. The molecule has 142 valence electrons. The smallest absolute Gasteiger partial charge is 0.262 e. The van der Waals surface area contributed by atoms with Crippen molar-refractivity contribution in [3.8, 4) is 17.0 Å². The van der Waals surface area contributed by atoms with Crippen LogP contribution in [0.25, 0.3) is 16.2 Å². The number of ether oxygens (including phenoxy) is 1. The molecule has 0 saturated heterocycles. The molecule has 0 saturated carbocycles. The van der Waals surface area contributed by atoms with Crippen LogP contribution in [-0.4, -0.2) is 21.9 Å². The number of imidazole rings is 1. The van der Waals surface area contributed by atoms with Crippen LogP contribution >= 0.6 is 11.3 Å². The van der Waals surface area contributed by atoms with Crippen molar-refractivity contribution in [3.63, 3.8) is 0 Å². The van der Waals surface area contributed by atoms with E-state index >= 15 is 0 Å². The van der Waals surface area contributed by atoms with E-state index in [1.807, 2.05) is 67.2 Å². The number of aromatic nitrogens is 2. The maximum Gasteiger partial charge on any atom is 0.262 e. The van der Waals surface area contributed by atoms with Crippen molar-refractivity contribution < 1.29 is 9.53 Å². The first-order chi connectivity index (χ1) is 13.5. The Morgan fingerprint density at radius 1 is 1.18 bits per heavy atom. The number of carbonyl (C=O) groups excluding carboxylic acids is 1. The molecule has 1 amide bonds. The minimum Gasteiger partial charge on any atom is -0.483 e. The van der Waals surface area contributed by atoms with Crippen molar-refractivity contribution in [2.75, 3.05) is 11.9 Å². The van der Waals surface area contributed by atoms with Gasteiger partial charge in [-0.15, -0.1) is 11.3 Å². The second-order valence-corrected chi connectivity index (χ2v) is 7.74. The van der Waals surface area contributed by atoms with E-state index in [4.69, 9.17) is 4.74 Å². The number of nitrogens with one attached hydrogen (secondary N) is 1. The fourth-order valence-electron chi connectivity index (χ4n) is 3.35. The fraction of sp³-hybridized carbons (Fsp3) is 0.182. The minimum absolute atomic E-state index is 0.0326. The van der Waals surface area contributed by atoms with E-state index in [2.05, 4.69) is 22.4 Å². The van der Waals surface area contributed by atoms with Gasteiger partial charge in [-0.3, -0.25) is 9.20 Å². The third-order valence-electron chi connectivity index (χ3n) is 4.49. The van der Waals surface area contributed by atoms with Crippen molar-refractivity contribution in [1.82, 2.24) is 9.38 Å².